The lowest BCUT2D eigenvalue weighted by Crippen LogP contribution is -2.35. The standard InChI is InChI=1S/C21H29NO2/c1-5-19(16-22(6-2)18-12-8-7-9-13-18)24-21-15-11-10-14-20(21)23-17(3)4/h7-15,17,19H,5-6,16H2,1-4H3. The van der Waals surface area contributed by atoms with E-state index in [1.54, 1.807) is 0 Å². The van der Waals surface area contributed by atoms with Crippen molar-refractivity contribution in [1.82, 2.24) is 0 Å². The summed E-state index contributed by atoms with van der Waals surface area (Å²) in [6.45, 7) is 10.2. The molecule has 0 fully saturated rings. The number of para-hydroxylation sites is 3. The Morgan fingerprint density at radius 2 is 1.42 bits per heavy atom. The highest BCUT2D eigenvalue weighted by molar-refractivity contribution is 5.46. The van der Waals surface area contributed by atoms with Crippen molar-refractivity contribution in [2.45, 2.75) is 46.3 Å². The van der Waals surface area contributed by atoms with Crippen LogP contribution in [0, 0.1) is 0 Å². The maximum atomic E-state index is 6.28. The number of rotatable bonds is 9. The lowest BCUT2D eigenvalue weighted by atomic mass is 10.2. The SMILES string of the molecule is CCC(CN(CC)c1ccccc1)Oc1ccccc1OC(C)C. The second-order valence-electron chi connectivity index (χ2n) is 6.14. The van der Waals surface area contributed by atoms with E-state index >= 15 is 0 Å². The van der Waals surface area contributed by atoms with Crippen molar-refractivity contribution in [3.05, 3.63) is 54.6 Å². The number of hydrogen-bond acceptors (Lipinski definition) is 3. The Bertz CT molecular complexity index is 598. The second kappa shape index (κ2) is 9.21. The average Bonchev–Trinajstić information content (AvgIpc) is 2.60. The molecule has 3 nitrogen and oxygen atoms in total. The Morgan fingerprint density at radius 3 is 1.96 bits per heavy atom. The zero-order valence-electron chi connectivity index (χ0n) is 15.2. The molecule has 0 amide bonds. The van der Waals surface area contributed by atoms with Crippen LogP contribution in [0.5, 0.6) is 11.5 Å². The highest BCUT2D eigenvalue weighted by Gasteiger charge is 2.16. The predicted octanol–water partition coefficient (Wildman–Crippen LogP) is 5.16. The first kappa shape index (κ1) is 18.2. The monoisotopic (exact) mass is 327 g/mol. The minimum Gasteiger partial charge on any atom is -0.487 e. The highest BCUT2D eigenvalue weighted by Crippen LogP contribution is 2.29. The number of anilines is 1. The van der Waals surface area contributed by atoms with E-state index in [9.17, 15) is 0 Å². The summed E-state index contributed by atoms with van der Waals surface area (Å²) in [6, 6.07) is 18.4. The van der Waals surface area contributed by atoms with Gasteiger partial charge in [0.1, 0.15) is 6.10 Å². The molecular weight excluding hydrogens is 298 g/mol. The molecule has 0 N–H and O–H groups in total. The lowest BCUT2D eigenvalue weighted by molar-refractivity contribution is 0.177. The van der Waals surface area contributed by atoms with Crippen LogP contribution in [0.15, 0.2) is 54.6 Å². The van der Waals surface area contributed by atoms with Gasteiger partial charge in [-0.05, 0) is 51.5 Å². The first-order chi connectivity index (χ1) is 11.6. The molecule has 0 spiro atoms. The molecule has 0 aliphatic heterocycles. The van der Waals surface area contributed by atoms with Gasteiger partial charge in [0.2, 0.25) is 0 Å². The molecule has 0 radical (unpaired) electrons. The number of likely N-dealkylation sites (N-methyl/N-ethyl adjacent to an activating group) is 1. The molecule has 2 aromatic carbocycles. The van der Waals surface area contributed by atoms with Gasteiger partial charge in [0.05, 0.1) is 12.6 Å². The van der Waals surface area contributed by atoms with Crippen molar-refractivity contribution < 1.29 is 9.47 Å². The number of benzene rings is 2. The summed E-state index contributed by atoms with van der Waals surface area (Å²) in [4.78, 5) is 2.35. The van der Waals surface area contributed by atoms with Gasteiger partial charge >= 0.3 is 0 Å². The van der Waals surface area contributed by atoms with Gasteiger partial charge in [-0.1, -0.05) is 37.3 Å². The summed E-state index contributed by atoms with van der Waals surface area (Å²) in [5.74, 6) is 1.64. The molecule has 0 saturated heterocycles. The van der Waals surface area contributed by atoms with E-state index in [0.29, 0.717) is 0 Å². The number of nitrogens with zero attached hydrogens (tertiary/aromatic N) is 1. The Balaban J connectivity index is 2.09. The smallest absolute Gasteiger partial charge is 0.161 e. The average molecular weight is 327 g/mol. The van der Waals surface area contributed by atoms with Crippen LogP contribution in [-0.2, 0) is 0 Å². The van der Waals surface area contributed by atoms with E-state index in [4.69, 9.17) is 9.47 Å². The number of hydrogen-bond donors (Lipinski definition) is 0. The minimum absolute atomic E-state index is 0.113. The summed E-state index contributed by atoms with van der Waals surface area (Å²) in [7, 11) is 0. The van der Waals surface area contributed by atoms with Crippen molar-refractivity contribution in [3.8, 4) is 11.5 Å². The quantitative estimate of drug-likeness (QED) is 0.635. The van der Waals surface area contributed by atoms with Gasteiger partial charge in [0, 0.05) is 12.2 Å². The molecule has 0 aliphatic carbocycles. The third-order valence-corrected chi connectivity index (χ3v) is 3.89. The van der Waals surface area contributed by atoms with E-state index < -0.39 is 0 Å². The molecule has 0 heterocycles. The summed E-state index contributed by atoms with van der Waals surface area (Å²) in [6.07, 6.45) is 1.19. The van der Waals surface area contributed by atoms with E-state index in [-0.39, 0.29) is 12.2 Å². The maximum absolute atomic E-state index is 6.28. The van der Waals surface area contributed by atoms with Crippen LogP contribution >= 0.6 is 0 Å². The Hall–Kier alpha value is -2.16. The third-order valence-electron chi connectivity index (χ3n) is 3.89. The molecule has 3 heteroatoms. The van der Waals surface area contributed by atoms with Crippen molar-refractivity contribution in [2.75, 3.05) is 18.0 Å². The Morgan fingerprint density at radius 1 is 0.833 bits per heavy atom. The normalized spacial score (nSPS) is 12.0. The summed E-state index contributed by atoms with van der Waals surface area (Å²) in [5, 5.41) is 0. The van der Waals surface area contributed by atoms with Crippen LogP contribution in [0.25, 0.3) is 0 Å². The summed E-state index contributed by atoms with van der Waals surface area (Å²) in [5.41, 5.74) is 1.23. The molecule has 2 rings (SSSR count). The maximum Gasteiger partial charge on any atom is 0.161 e. The topological polar surface area (TPSA) is 21.7 Å². The van der Waals surface area contributed by atoms with Gasteiger partial charge in [-0.3, -0.25) is 0 Å². The molecular formula is C21H29NO2. The molecule has 2 aromatic rings. The second-order valence-corrected chi connectivity index (χ2v) is 6.14. The van der Waals surface area contributed by atoms with E-state index in [0.717, 1.165) is 31.0 Å². The first-order valence-corrected chi connectivity index (χ1v) is 8.86. The largest absolute Gasteiger partial charge is 0.487 e. The van der Waals surface area contributed by atoms with Crippen LogP contribution in [-0.4, -0.2) is 25.3 Å². The molecule has 130 valence electrons. The van der Waals surface area contributed by atoms with Crippen LogP contribution in [0.2, 0.25) is 0 Å². The molecule has 0 saturated carbocycles. The predicted molar refractivity (Wildman–Crippen MR) is 101 cm³/mol. The molecule has 1 unspecified atom stereocenters. The van der Waals surface area contributed by atoms with Gasteiger partial charge in [0.15, 0.2) is 11.5 Å². The van der Waals surface area contributed by atoms with Crippen LogP contribution in [0.1, 0.15) is 34.1 Å². The molecule has 0 bridgehead atoms. The van der Waals surface area contributed by atoms with E-state index in [2.05, 4.69) is 43.0 Å². The molecule has 0 aromatic heterocycles. The van der Waals surface area contributed by atoms with Crippen LogP contribution in [0.4, 0.5) is 5.69 Å². The van der Waals surface area contributed by atoms with Gasteiger partial charge < -0.3 is 14.4 Å². The fraction of sp³-hybridized carbons (Fsp3) is 0.429. The van der Waals surface area contributed by atoms with Crippen molar-refractivity contribution >= 4 is 5.69 Å². The summed E-state index contributed by atoms with van der Waals surface area (Å²) >= 11 is 0. The summed E-state index contributed by atoms with van der Waals surface area (Å²) < 4.78 is 12.2. The fourth-order valence-electron chi connectivity index (χ4n) is 2.63. The number of ether oxygens (including phenoxy) is 2. The van der Waals surface area contributed by atoms with E-state index in [1.165, 1.54) is 5.69 Å². The fourth-order valence-corrected chi connectivity index (χ4v) is 2.63. The zero-order chi connectivity index (χ0) is 17.4. The highest BCUT2D eigenvalue weighted by atomic mass is 16.5. The Labute approximate surface area is 146 Å². The molecule has 0 aliphatic rings. The molecule has 1 atom stereocenters. The van der Waals surface area contributed by atoms with Crippen LogP contribution < -0.4 is 14.4 Å². The minimum atomic E-state index is 0.113. The van der Waals surface area contributed by atoms with Gasteiger partial charge in [-0.25, -0.2) is 0 Å². The van der Waals surface area contributed by atoms with Gasteiger partial charge in [0.25, 0.3) is 0 Å². The van der Waals surface area contributed by atoms with Gasteiger partial charge in [-0.2, -0.15) is 0 Å². The van der Waals surface area contributed by atoms with E-state index in [1.807, 2.05) is 44.2 Å². The Kier molecular flexibility index (Phi) is 6.98. The lowest BCUT2D eigenvalue weighted by Gasteiger charge is -2.29. The van der Waals surface area contributed by atoms with Crippen molar-refractivity contribution in [2.24, 2.45) is 0 Å². The van der Waals surface area contributed by atoms with Crippen LogP contribution in [0.3, 0.4) is 0 Å². The third kappa shape index (κ3) is 5.19. The van der Waals surface area contributed by atoms with Crippen molar-refractivity contribution in [1.29, 1.82) is 0 Å². The zero-order valence-corrected chi connectivity index (χ0v) is 15.2. The van der Waals surface area contributed by atoms with Gasteiger partial charge in [-0.15, -0.1) is 0 Å². The first-order valence-electron chi connectivity index (χ1n) is 8.86. The van der Waals surface area contributed by atoms with Crippen molar-refractivity contribution in [3.63, 3.8) is 0 Å². The molecule has 24 heavy (non-hydrogen) atoms.